The van der Waals surface area contributed by atoms with E-state index in [4.69, 9.17) is 9.47 Å². The van der Waals surface area contributed by atoms with Gasteiger partial charge in [-0.15, -0.1) is 0 Å². The zero-order valence-corrected chi connectivity index (χ0v) is 28.6. The Kier molecular flexibility index (Phi) is 11.1. The minimum absolute atomic E-state index is 0.00574. The van der Waals surface area contributed by atoms with Crippen LogP contribution < -0.4 is 20.3 Å². The van der Waals surface area contributed by atoms with E-state index in [1.165, 1.54) is 27.3 Å². The third kappa shape index (κ3) is 7.79. The van der Waals surface area contributed by atoms with Crippen LogP contribution in [-0.4, -0.2) is 114 Å². The third-order valence-electron chi connectivity index (χ3n) is 9.00. The van der Waals surface area contributed by atoms with E-state index in [2.05, 4.69) is 25.2 Å². The molecule has 49 heavy (non-hydrogen) atoms. The fourth-order valence-electron chi connectivity index (χ4n) is 6.50. The van der Waals surface area contributed by atoms with Gasteiger partial charge in [-0.05, 0) is 49.1 Å². The number of likely N-dealkylation sites (tertiary alicyclic amines) is 1. The number of methoxy groups -OCH3 is 2. The van der Waals surface area contributed by atoms with Crippen LogP contribution in [0.2, 0.25) is 0 Å². The molecule has 0 aliphatic carbocycles. The van der Waals surface area contributed by atoms with Crippen LogP contribution in [-0.2, 0) is 24.5 Å². The Labute approximate surface area is 284 Å². The van der Waals surface area contributed by atoms with E-state index >= 15 is 0 Å². The first-order valence-electron chi connectivity index (χ1n) is 15.8. The zero-order chi connectivity index (χ0) is 35.5. The molecule has 3 heterocycles. The summed E-state index contributed by atoms with van der Waals surface area (Å²) in [6, 6.07) is 6.93. The van der Waals surface area contributed by atoms with Gasteiger partial charge in [-0.3, -0.25) is 9.62 Å². The smallest absolute Gasteiger partial charge is 0.338 e. The molecule has 0 spiro atoms. The highest BCUT2D eigenvalue weighted by Crippen LogP contribution is 2.36. The summed E-state index contributed by atoms with van der Waals surface area (Å²) >= 11 is 0. The van der Waals surface area contributed by atoms with Gasteiger partial charge in [0.1, 0.15) is 6.04 Å². The van der Waals surface area contributed by atoms with Crippen molar-refractivity contribution in [3.8, 4) is 0 Å². The Bertz CT molecular complexity index is 1720. The molecule has 0 bridgehead atoms. The normalized spacial score (nSPS) is 20.8. The maximum absolute atomic E-state index is 14.4. The first-order chi connectivity index (χ1) is 23.3. The molecule has 3 aliphatic heterocycles. The predicted molar refractivity (Wildman–Crippen MR) is 177 cm³/mol. The molecule has 0 radical (unpaired) electrons. The summed E-state index contributed by atoms with van der Waals surface area (Å²) in [4.78, 5) is 45.3. The minimum Gasteiger partial charge on any atom is -0.466 e. The van der Waals surface area contributed by atoms with Crippen molar-refractivity contribution in [2.24, 2.45) is 0 Å². The number of piperidine rings is 1. The van der Waals surface area contributed by atoms with Crippen molar-refractivity contribution in [3.05, 3.63) is 70.9 Å². The third-order valence-corrected chi connectivity index (χ3v) is 10.4. The van der Waals surface area contributed by atoms with E-state index in [0.29, 0.717) is 38.3 Å². The van der Waals surface area contributed by atoms with Crippen molar-refractivity contribution in [2.75, 3.05) is 70.7 Å². The maximum Gasteiger partial charge on any atom is 0.338 e. The zero-order valence-electron chi connectivity index (χ0n) is 27.7. The Balaban J connectivity index is 1.27. The maximum atomic E-state index is 14.4. The molecular formula is C32H41F2N7O7S. The highest BCUT2D eigenvalue weighted by atomic mass is 32.2. The number of amides is 4. The molecule has 1 unspecified atom stereocenters. The summed E-state index contributed by atoms with van der Waals surface area (Å²) in [6.07, 6.45) is 2.20. The number of nitrogens with zero attached hydrogens (tertiary/aromatic N) is 4. The molecular weight excluding hydrogens is 664 g/mol. The number of esters is 1. The number of carbonyl (C=O) groups is 3. The van der Waals surface area contributed by atoms with Crippen LogP contribution in [0.25, 0.3) is 0 Å². The quantitative estimate of drug-likeness (QED) is 0.317. The lowest BCUT2D eigenvalue weighted by Crippen LogP contribution is -2.57. The molecule has 2 aromatic rings. The average Bonchev–Trinajstić information content (AvgIpc) is 3.54. The molecule has 2 atom stereocenters. The van der Waals surface area contributed by atoms with Gasteiger partial charge < -0.3 is 25.0 Å². The highest BCUT2D eigenvalue weighted by Gasteiger charge is 2.44. The number of para-hydroxylation sites is 2. The van der Waals surface area contributed by atoms with Crippen molar-refractivity contribution >= 4 is 39.6 Å². The van der Waals surface area contributed by atoms with Crippen LogP contribution in [0, 0.1) is 11.6 Å². The lowest BCUT2D eigenvalue weighted by atomic mass is 9.93. The lowest BCUT2D eigenvalue weighted by molar-refractivity contribution is -0.137. The van der Waals surface area contributed by atoms with Crippen molar-refractivity contribution in [3.63, 3.8) is 0 Å². The first kappa shape index (κ1) is 36.0. The number of anilines is 2. The summed E-state index contributed by atoms with van der Waals surface area (Å²) in [5, 5.41) is 5.42. The summed E-state index contributed by atoms with van der Waals surface area (Å²) in [6.45, 7) is 2.37. The Morgan fingerprint density at radius 3 is 2.39 bits per heavy atom. The molecule has 266 valence electrons. The number of hydrogen-bond donors (Lipinski definition) is 3. The van der Waals surface area contributed by atoms with E-state index in [0.717, 1.165) is 47.0 Å². The Morgan fingerprint density at radius 1 is 1.02 bits per heavy atom. The van der Waals surface area contributed by atoms with Gasteiger partial charge in [0, 0.05) is 59.5 Å². The summed E-state index contributed by atoms with van der Waals surface area (Å²) in [7, 11) is 1.73. The fraction of sp³-hybridized carbons (Fsp3) is 0.469. The van der Waals surface area contributed by atoms with E-state index in [-0.39, 0.29) is 35.5 Å². The fourth-order valence-corrected chi connectivity index (χ4v) is 7.13. The van der Waals surface area contributed by atoms with Crippen LogP contribution >= 0.6 is 0 Å². The number of ether oxygens (including phenoxy) is 2. The predicted octanol–water partition coefficient (Wildman–Crippen LogP) is 2.78. The molecule has 2 saturated heterocycles. The number of benzene rings is 2. The topological polar surface area (TPSA) is 153 Å². The van der Waals surface area contributed by atoms with Gasteiger partial charge in [0.25, 0.3) is 0 Å². The van der Waals surface area contributed by atoms with Crippen molar-refractivity contribution < 1.29 is 41.1 Å². The van der Waals surface area contributed by atoms with Gasteiger partial charge >= 0.3 is 28.2 Å². The molecule has 3 N–H and O–H groups in total. The van der Waals surface area contributed by atoms with Crippen LogP contribution in [0.5, 0.6) is 0 Å². The molecule has 17 heteroatoms. The average molecular weight is 706 g/mol. The molecule has 0 saturated carbocycles. The number of nitrogens with one attached hydrogen (secondary N) is 3. The van der Waals surface area contributed by atoms with Gasteiger partial charge in [0.15, 0.2) is 11.6 Å². The number of hydrogen-bond acceptors (Lipinski definition) is 9. The number of imide groups is 1. The number of urea groups is 2. The second kappa shape index (κ2) is 15.1. The number of rotatable bonds is 10. The molecule has 4 amide bonds. The van der Waals surface area contributed by atoms with E-state index in [1.54, 1.807) is 12.1 Å². The Morgan fingerprint density at radius 2 is 1.73 bits per heavy atom. The monoisotopic (exact) mass is 705 g/mol. The molecule has 5 rings (SSSR count). The molecule has 3 aliphatic rings. The molecule has 2 aromatic carbocycles. The largest absolute Gasteiger partial charge is 0.466 e. The molecule has 0 aromatic heterocycles. The Hall–Kier alpha value is -4.32. The van der Waals surface area contributed by atoms with Crippen molar-refractivity contribution in [2.45, 2.75) is 37.4 Å². The second-order valence-electron chi connectivity index (χ2n) is 12.2. The van der Waals surface area contributed by atoms with Gasteiger partial charge in [-0.25, -0.2) is 28.1 Å². The molecule has 14 nitrogen and oxygen atoms in total. The van der Waals surface area contributed by atoms with Gasteiger partial charge in [-0.2, -0.15) is 12.7 Å². The second-order valence-corrected chi connectivity index (χ2v) is 14.1. The van der Waals surface area contributed by atoms with Crippen LogP contribution in [0.15, 0.2) is 53.7 Å². The van der Waals surface area contributed by atoms with E-state index < -0.39 is 45.9 Å². The lowest BCUT2D eigenvalue weighted by Gasteiger charge is -2.39. The van der Waals surface area contributed by atoms with Crippen molar-refractivity contribution in [1.29, 1.82) is 0 Å². The van der Waals surface area contributed by atoms with E-state index in [9.17, 15) is 31.6 Å². The van der Waals surface area contributed by atoms with Crippen LogP contribution in [0.3, 0.4) is 0 Å². The van der Waals surface area contributed by atoms with Gasteiger partial charge in [0.05, 0.1) is 36.4 Å². The first-order valence-corrected chi connectivity index (χ1v) is 17.2. The van der Waals surface area contributed by atoms with Crippen LogP contribution in [0.1, 0.15) is 30.9 Å². The van der Waals surface area contributed by atoms with Crippen LogP contribution in [0.4, 0.5) is 29.7 Å². The van der Waals surface area contributed by atoms with Crippen molar-refractivity contribution in [1.82, 2.24) is 24.7 Å². The summed E-state index contributed by atoms with van der Waals surface area (Å²) in [5.74, 6) is -3.22. The summed E-state index contributed by atoms with van der Waals surface area (Å²) < 4.78 is 67.1. The van der Waals surface area contributed by atoms with Gasteiger partial charge in [-0.1, -0.05) is 18.2 Å². The number of carbonyl (C=O) groups excluding carboxylic acids is 3. The van der Waals surface area contributed by atoms with E-state index in [1.807, 2.05) is 12.1 Å². The summed E-state index contributed by atoms with van der Waals surface area (Å²) in [5.41, 5.74) is 1.17. The molecule has 2 fully saturated rings. The highest BCUT2D eigenvalue weighted by molar-refractivity contribution is 7.90. The SMILES string of the molecule is COCC1=C(C(=O)OC)[C@H](c2ccc(F)c(F)c2)N(C(=O)NC2CCN(C3CCN(c4ccccc4NS(=O)(=O)N(C)C)CC3)C2)C(=O)N1. The number of halogens is 2. The standard InChI is InChI=1S/C32H41F2N7O7S/c1-38(2)49(45,46)37-25-7-5-6-8-27(25)39-15-12-22(13-16-39)40-14-11-21(18-40)35-31(43)41-29(20-9-10-23(33)24(34)17-20)28(30(42)48-4)26(19-47-3)36-32(41)44/h5-10,17,21-22,29,37H,11-16,18-19H2,1-4H3,(H,35,43)(H,36,44)/t21?,29-/m0/s1. The van der Waals surface area contributed by atoms with Gasteiger partial charge in [0.2, 0.25) is 0 Å². The minimum atomic E-state index is -3.68.